The van der Waals surface area contributed by atoms with E-state index in [0.29, 0.717) is 16.4 Å². The zero-order valence-electron chi connectivity index (χ0n) is 14.1. The van der Waals surface area contributed by atoms with E-state index in [-0.39, 0.29) is 18.1 Å². The van der Waals surface area contributed by atoms with Crippen LogP contribution in [0, 0.1) is 12.7 Å². The smallest absolute Gasteiger partial charge is 0.229 e. The number of carbonyl (C=O) groups excluding carboxylic acids is 1. The van der Waals surface area contributed by atoms with Crippen LogP contribution in [0.5, 0.6) is 0 Å². The third-order valence-electron chi connectivity index (χ3n) is 3.75. The van der Waals surface area contributed by atoms with E-state index in [1.807, 2.05) is 31.2 Å². The van der Waals surface area contributed by atoms with E-state index in [4.69, 9.17) is 11.6 Å². The fourth-order valence-electron chi connectivity index (χ4n) is 2.48. The third-order valence-corrected chi connectivity index (χ3v) is 3.99. The van der Waals surface area contributed by atoms with Gasteiger partial charge >= 0.3 is 0 Å². The predicted octanol–water partition coefficient (Wildman–Crippen LogP) is 5.11. The summed E-state index contributed by atoms with van der Waals surface area (Å²) in [6.07, 6.45) is 1.72. The van der Waals surface area contributed by atoms with E-state index in [1.54, 1.807) is 24.4 Å². The van der Waals surface area contributed by atoms with Gasteiger partial charge in [-0.2, -0.15) is 0 Å². The normalized spacial score (nSPS) is 10.4. The van der Waals surface area contributed by atoms with Crippen LogP contribution >= 0.6 is 11.6 Å². The molecule has 0 fully saturated rings. The fraction of sp³-hybridized carbons (Fsp3) is 0.100. The lowest BCUT2D eigenvalue weighted by molar-refractivity contribution is -0.115. The van der Waals surface area contributed by atoms with Gasteiger partial charge in [-0.15, -0.1) is 0 Å². The molecule has 1 aromatic heterocycles. The average Bonchev–Trinajstić information content (AvgIpc) is 2.59. The Kier molecular flexibility index (Phi) is 5.49. The van der Waals surface area contributed by atoms with Crippen LogP contribution in [0.1, 0.15) is 11.1 Å². The molecule has 1 heterocycles. The summed E-state index contributed by atoms with van der Waals surface area (Å²) >= 11 is 5.95. The lowest BCUT2D eigenvalue weighted by Crippen LogP contribution is -2.15. The Morgan fingerprint density at radius 2 is 2.00 bits per heavy atom. The molecule has 2 N–H and O–H groups in total. The maximum Gasteiger partial charge on any atom is 0.229 e. The first-order valence-electron chi connectivity index (χ1n) is 8.03. The van der Waals surface area contributed by atoms with Gasteiger partial charge in [-0.25, -0.2) is 9.37 Å². The van der Waals surface area contributed by atoms with Crippen molar-refractivity contribution in [2.45, 2.75) is 13.3 Å². The average molecular weight is 370 g/mol. The Morgan fingerprint density at radius 3 is 2.69 bits per heavy atom. The molecule has 1 amide bonds. The van der Waals surface area contributed by atoms with Crippen LogP contribution < -0.4 is 10.6 Å². The quantitative estimate of drug-likeness (QED) is 0.657. The van der Waals surface area contributed by atoms with Gasteiger partial charge in [0.25, 0.3) is 0 Å². The van der Waals surface area contributed by atoms with Crippen molar-refractivity contribution in [3.63, 3.8) is 0 Å². The van der Waals surface area contributed by atoms with Crippen molar-refractivity contribution in [1.82, 2.24) is 4.98 Å². The van der Waals surface area contributed by atoms with Crippen LogP contribution in [0.15, 0.2) is 60.8 Å². The minimum atomic E-state index is -0.360. The number of hydrogen-bond acceptors (Lipinski definition) is 3. The molecule has 132 valence electrons. The number of rotatable bonds is 5. The summed E-state index contributed by atoms with van der Waals surface area (Å²) in [6, 6.07) is 15.1. The Labute approximate surface area is 156 Å². The number of halogens is 2. The van der Waals surface area contributed by atoms with Gasteiger partial charge in [0.2, 0.25) is 5.91 Å². The molecule has 0 aliphatic carbocycles. The van der Waals surface area contributed by atoms with Gasteiger partial charge in [0.15, 0.2) is 0 Å². The van der Waals surface area contributed by atoms with Gasteiger partial charge in [-0.3, -0.25) is 4.79 Å². The summed E-state index contributed by atoms with van der Waals surface area (Å²) < 4.78 is 13.2. The minimum Gasteiger partial charge on any atom is -0.354 e. The van der Waals surface area contributed by atoms with Crippen molar-refractivity contribution in [2.75, 3.05) is 10.6 Å². The molecule has 3 rings (SSSR count). The van der Waals surface area contributed by atoms with Gasteiger partial charge in [-0.1, -0.05) is 23.7 Å². The zero-order valence-corrected chi connectivity index (χ0v) is 14.8. The summed E-state index contributed by atoms with van der Waals surface area (Å²) in [5.74, 6) is -0.177. The standard InChI is InChI=1S/C20H17ClFN3O/c1-13-9-15(21)5-7-18(13)24-17-6-8-19(23-12-17)25-20(26)11-14-3-2-4-16(22)10-14/h2-10,12,24H,11H2,1H3,(H,23,25,26). The maximum absolute atomic E-state index is 13.2. The van der Waals surface area contributed by atoms with Gasteiger partial charge in [-0.05, 0) is 60.5 Å². The molecular formula is C20H17ClFN3O. The Bertz CT molecular complexity index is 929. The number of aryl methyl sites for hydroxylation is 1. The van der Waals surface area contributed by atoms with Crippen LogP contribution in [-0.4, -0.2) is 10.9 Å². The number of amides is 1. The summed E-state index contributed by atoms with van der Waals surface area (Å²) in [5, 5.41) is 6.64. The fourth-order valence-corrected chi connectivity index (χ4v) is 2.71. The molecule has 0 aliphatic rings. The van der Waals surface area contributed by atoms with Crippen LogP contribution in [0.4, 0.5) is 21.6 Å². The SMILES string of the molecule is Cc1cc(Cl)ccc1Nc1ccc(NC(=O)Cc2cccc(F)c2)nc1. The molecule has 26 heavy (non-hydrogen) atoms. The molecule has 2 aromatic carbocycles. The van der Waals surface area contributed by atoms with Crippen LogP contribution in [0.25, 0.3) is 0 Å². The highest BCUT2D eigenvalue weighted by atomic mass is 35.5. The van der Waals surface area contributed by atoms with E-state index in [1.165, 1.54) is 12.1 Å². The van der Waals surface area contributed by atoms with E-state index in [0.717, 1.165) is 16.9 Å². The van der Waals surface area contributed by atoms with Gasteiger partial charge in [0.1, 0.15) is 11.6 Å². The Morgan fingerprint density at radius 1 is 1.15 bits per heavy atom. The van der Waals surface area contributed by atoms with Crippen LogP contribution in [0.3, 0.4) is 0 Å². The highest BCUT2D eigenvalue weighted by Crippen LogP contribution is 2.23. The van der Waals surface area contributed by atoms with E-state index in [9.17, 15) is 9.18 Å². The lowest BCUT2D eigenvalue weighted by Gasteiger charge is -2.10. The van der Waals surface area contributed by atoms with Crippen molar-refractivity contribution in [2.24, 2.45) is 0 Å². The molecule has 0 atom stereocenters. The summed E-state index contributed by atoms with van der Waals surface area (Å²) in [5.41, 5.74) is 3.35. The van der Waals surface area contributed by atoms with Crippen molar-refractivity contribution >= 4 is 34.7 Å². The first kappa shape index (κ1) is 17.9. The van der Waals surface area contributed by atoms with E-state index >= 15 is 0 Å². The number of nitrogens with one attached hydrogen (secondary N) is 2. The lowest BCUT2D eigenvalue weighted by atomic mass is 10.1. The minimum absolute atomic E-state index is 0.0867. The van der Waals surface area contributed by atoms with E-state index in [2.05, 4.69) is 15.6 Å². The number of benzene rings is 2. The molecule has 3 aromatic rings. The second-order valence-corrected chi connectivity index (χ2v) is 6.31. The number of carbonyl (C=O) groups is 1. The highest BCUT2D eigenvalue weighted by molar-refractivity contribution is 6.30. The van der Waals surface area contributed by atoms with E-state index < -0.39 is 0 Å². The molecule has 4 nitrogen and oxygen atoms in total. The largest absolute Gasteiger partial charge is 0.354 e. The molecule has 0 saturated carbocycles. The number of hydrogen-bond donors (Lipinski definition) is 2. The first-order chi connectivity index (χ1) is 12.5. The Hall–Kier alpha value is -2.92. The van der Waals surface area contributed by atoms with Crippen molar-refractivity contribution < 1.29 is 9.18 Å². The molecule has 0 spiro atoms. The second kappa shape index (κ2) is 7.97. The molecule has 0 unspecified atom stereocenters. The molecule has 0 bridgehead atoms. The third kappa shape index (κ3) is 4.80. The van der Waals surface area contributed by atoms with Crippen molar-refractivity contribution in [3.8, 4) is 0 Å². The molecule has 0 aliphatic heterocycles. The van der Waals surface area contributed by atoms with Crippen molar-refractivity contribution in [1.29, 1.82) is 0 Å². The predicted molar refractivity (Wildman–Crippen MR) is 102 cm³/mol. The number of anilines is 3. The summed E-state index contributed by atoms with van der Waals surface area (Å²) in [7, 11) is 0. The Balaban J connectivity index is 1.61. The topological polar surface area (TPSA) is 54.0 Å². The van der Waals surface area contributed by atoms with Crippen LogP contribution in [0.2, 0.25) is 5.02 Å². The number of aromatic nitrogens is 1. The van der Waals surface area contributed by atoms with Crippen molar-refractivity contribution in [3.05, 3.63) is 82.8 Å². The highest BCUT2D eigenvalue weighted by Gasteiger charge is 2.06. The van der Waals surface area contributed by atoms with Gasteiger partial charge < -0.3 is 10.6 Å². The summed E-state index contributed by atoms with van der Waals surface area (Å²) in [6.45, 7) is 1.96. The molecule has 0 saturated heterocycles. The van der Waals surface area contributed by atoms with Gasteiger partial charge in [0.05, 0.1) is 18.3 Å². The number of nitrogens with zero attached hydrogens (tertiary/aromatic N) is 1. The first-order valence-corrected chi connectivity index (χ1v) is 8.41. The molecule has 6 heteroatoms. The maximum atomic E-state index is 13.2. The second-order valence-electron chi connectivity index (χ2n) is 5.87. The molecular weight excluding hydrogens is 353 g/mol. The molecule has 0 radical (unpaired) electrons. The summed E-state index contributed by atoms with van der Waals surface area (Å²) in [4.78, 5) is 16.3. The van der Waals surface area contributed by atoms with Gasteiger partial charge in [0, 0.05) is 10.7 Å². The zero-order chi connectivity index (χ0) is 18.5. The number of pyridine rings is 1. The monoisotopic (exact) mass is 369 g/mol. The van der Waals surface area contributed by atoms with Crippen LogP contribution in [-0.2, 0) is 11.2 Å².